The van der Waals surface area contributed by atoms with Crippen LogP contribution in [0, 0.1) is 14.9 Å². The van der Waals surface area contributed by atoms with Gasteiger partial charge in [-0.3, -0.25) is 4.79 Å². The summed E-state index contributed by atoms with van der Waals surface area (Å²) in [6.45, 7) is 4.73. The van der Waals surface area contributed by atoms with Crippen LogP contribution in [-0.2, 0) is 4.79 Å². The lowest BCUT2D eigenvalue weighted by Crippen LogP contribution is -2.13. The van der Waals surface area contributed by atoms with Crippen LogP contribution in [0.25, 0.3) is 6.08 Å². The van der Waals surface area contributed by atoms with E-state index in [1.165, 1.54) is 6.08 Å². The topological polar surface area (TPSA) is 71.3 Å². The first-order valence-electron chi connectivity index (χ1n) is 8.26. The van der Waals surface area contributed by atoms with E-state index >= 15 is 0 Å². The minimum absolute atomic E-state index is 0.00735. The van der Waals surface area contributed by atoms with Crippen LogP contribution < -0.4 is 14.8 Å². The molecule has 0 saturated carbocycles. The van der Waals surface area contributed by atoms with E-state index in [0.29, 0.717) is 40.4 Å². The van der Waals surface area contributed by atoms with Gasteiger partial charge in [-0.1, -0.05) is 0 Å². The third-order valence-electron chi connectivity index (χ3n) is 3.40. The van der Waals surface area contributed by atoms with Gasteiger partial charge in [0, 0.05) is 9.26 Å². The van der Waals surface area contributed by atoms with E-state index in [-0.39, 0.29) is 5.57 Å². The molecule has 2 aromatic rings. The third kappa shape index (κ3) is 5.97. The van der Waals surface area contributed by atoms with Crippen LogP contribution in [0.15, 0.2) is 46.4 Å². The average Bonchev–Trinajstić information content (AvgIpc) is 2.64. The second-order valence-corrected chi connectivity index (χ2v) is 7.43. The zero-order chi connectivity index (χ0) is 19.8. The highest BCUT2D eigenvalue weighted by molar-refractivity contribution is 14.1. The molecule has 27 heavy (non-hydrogen) atoms. The minimum atomic E-state index is -0.471. The number of ether oxygens (including phenoxy) is 2. The standard InChI is InChI=1S/C20H18BrIN2O3/c1-3-26-18-11-13(10-17(21)19(18)27-4-2)9-14(12-23)20(25)24-16-7-5-15(22)6-8-16/h5-11H,3-4H2,1-2H3,(H,24,25)/b14-9-. The Labute approximate surface area is 180 Å². The van der Waals surface area contributed by atoms with Crippen molar-refractivity contribution in [1.29, 1.82) is 5.26 Å². The van der Waals surface area contributed by atoms with Gasteiger partial charge < -0.3 is 14.8 Å². The van der Waals surface area contributed by atoms with Gasteiger partial charge in [0.25, 0.3) is 5.91 Å². The van der Waals surface area contributed by atoms with E-state index in [9.17, 15) is 10.1 Å². The summed E-state index contributed by atoms with van der Waals surface area (Å²) in [6.07, 6.45) is 1.52. The first kappa shape index (κ1) is 21.3. The highest BCUT2D eigenvalue weighted by Crippen LogP contribution is 2.37. The summed E-state index contributed by atoms with van der Waals surface area (Å²) >= 11 is 5.64. The number of carbonyl (C=O) groups excluding carboxylic acids is 1. The number of nitrogens with one attached hydrogen (secondary N) is 1. The van der Waals surface area contributed by atoms with Gasteiger partial charge in [0.05, 0.1) is 17.7 Å². The lowest BCUT2D eigenvalue weighted by molar-refractivity contribution is -0.112. The number of nitrogens with zero attached hydrogens (tertiary/aromatic N) is 1. The molecule has 2 aromatic carbocycles. The van der Waals surface area contributed by atoms with Crippen LogP contribution in [-0.4, -0.2) is 19.1 Å². The van der Waals surface area contributed by atoms with Crippen molar-refractivity contribution in [2.24, 2.45) is 0 Å². The van der Waals surface area contributed by atoms with Crippen molar-refractivity contribution in [3.63, 3.8) is 0 Å². The van der Waals surface area contributed by atoms with Crippen LogP contribution >= 0.6 is 38.5 Å². The number of carbonyl (C=O) groups is 1. The summed E-state index contributed by atoms with van der Waals surface area (Å²) in [5.41, 5.74) is 1.28. The number of hydrogen-bond donors (Lipinski definition) is 1. The molecule has 7 heteroatoms. The van der Waals surface area contributed by atoms with Gasteiger partial charge in [-0.05, 0) is 100 Å². The smallest absolute Gasteiger partial charge is 0.266 e. The fourth-order valence-corrected chi connectivity index (χ4v) is 3.20. The van der Waals surface area contributed by atoms with Crippen LogP contribution in [0.3, 0.4) is 0 Å². The minimum Gasteiger partial charge on any atom is -0.490 e. The molecule has 0 heterocycles. The van der Waals surface area contributed by atoms with Crippen molar-refractivity contribution in [3.05, 3.63) is 55.6 Å². The first-order chi connectivity index (χ1) is 13.0. The van der Waals surface area contributed by atoms with Crippen LogP contribution in [0.5, 0.6) is 11.5 Å². The van der Waals surface area contributed by atoms with E-state index in [1.54, 1.807) is 24.3 Å². The van der Waals surface area contributed by atoms with Crippen molar-refractivity contribution in [3.8, 4) is 17.6 Å². The van der Waals surface area contributed by atoms with Crippen molar-refractivity contribution < 1.29 is 14.3 Å². The summed E-state index contributed by atoms with van der Waals surface area (Å²) < 4.78 is 13.0. The number of halogens is 2. The maximum Gasteiger partial charge on any atom is 0.266 e. The van der Waals surface area contributed by atoms with Crippen molar-refractivity contribution >= 4 is 56.2 Å². The van der Waals surface area contributed by atoms with E-state index < -0.39 is 5.91 Å². The fraction of sp³-hybridized carbons (Fsp3) is 0.200. The Morgan fingerprint density at radius 3 is 2.48 bits per heavy atom. The average molecular weight is 541 g/mol. The molecular weight excluding hydrogens is 523 g/mol. The number of anilines is 1. The van der Waals surface area contributed by atoms with Crippen molar-refractivity contribution in [1.82, 2.24) is 0 Å². The zero-order valence-corrected chi connectivity index (χ0v) is 18.6. The molecule has 2 rings (SSSR count). The summed E-state index contributed by atoms with van der Waals surface area (Å²) in [4.78, 5) is 12.4. The number of nitriles is 1. The molecule has 0 radical (unpaired) electrons. The normalized spacial score (nSPS) is 10.9. The summed E-state index contributed by atoms with van der Waals surface area (Å²) in [5, 5.41) is 12.1. The van der Waals surface area contributed by atoms with Gasteiger partial charge in [0.15, 0.2) is 11.5 Å². The largest absolute Gasteiger partial charge is 0.490 e. The monoisotopic (exact) mass is 540 g/mol. The molecule has 0 unspecified atom stereocenters. The van der Waals surface area contributed by atoms with Crippen molar-refractivity contribution in [2.45, 2.75) is 13.8 Å². The maximum absolute atomic E-state index is 12.4. The van der Waals surface area contributed by atoms with E-state index in [4.69, 9.17) is 9.47 Å². The number of amides is 1. The predicted molar refractivity (Wildman–Crippen MR) is 118 cm³/mol. The highest BCUT2D eigenvalue weighted by Gasteiger charge is 2.14. The summed E-state index contributed by atoms with van der Waals surface area (Å²) in [7, 11) is 0. The molecule has 1 N–H and O–H groups in total. The fourth-order valence-electron chi connectivity index (χ4n) is 2.27. The van der Waals surface area contributed by atoms with E-state index in [2.05, 4.69) is 43.8 Å². The van der Waals surface area contributed by atoms with Gasteiger partial charge in [-0.15, -0.1) is 0 Å². The molecule has 140 valence electrons. The van der Waals surface area contributed by atoms with Crippen LogP contribution in [0.1, 0.15) is 19.4 Å². The quantitative estimate of drug-likeness (QED) is 0.290. The van der Waals surface area contributed by atoms with Crippen LogP contribution in [0.2, 0.25) is 0 Å². The van der Waals surface area contributed by atoms with E-state index in [1.807, 2.05) is 32.0 Å². The predicted octanol–water partition coefficient (Wildman–Crippen LogP) is 5.40. The van der Waals surface area contributed by atoms with E-state index in [0.717, 1.165) is 3.57 Å². The Morgan fingerprint density at radius 1 is 1.22 bits per heavy atom. The molecule has 1 amide bonds. The zero-order valence-electron chi connectivity index (χ0n) is 14.9. The molecular formula is C20H18BrIN2O3. The van der Waals surface area contributed by atoms with Gasteiger partial charge in [0.2, 0.25) is 0 Å². The molecule has 0 atom stereocenters. The molecule has 0 aromatic heterocycles. The molecule has 0 aliphatic heterocycles. The second-order valence-electron chi connectivity index (χ2n) is 5.33. The van der Waals surface area contributed by atoms with Gasteiger partial charge in [-0.2, -0.15) is 5.26 Å². The number of rotatable bonds is 7. The third-order valence-corrected chi connectivity index (χ3v) is 4.71. The lowest BCUT2D eigenvalue weighted by atomic mass is 10.1. The molecule has 0 bridgehead atoms. The summed E-state index contributed by atoms with van der Waals surface area (Å²) in [5.74, 6) is 0.676. The van der Waals surface area contributed by atoms with Gasteiger partial charge in [-0.25, -0.2) is 0 Å². The molecule has 0 aliphatic rings. The molecule has 0 saturated heterocycles. The Balaban J connectivity index is 2.31. The lowest BCUT2D eigenvalue weighted by Gasteiger charge is -2.13. The highest BCUT2D eigenvalue weighted by atomic mass is 127. The molecule has 5 nitrogen and oxygen atoms in total. The molecule has 0 fully saturated rings. The Kier molecular flexibility index (Phi) is 8.13. The van der Waals surface area contributed by atoms with Crippen LogP contribution in [0.4, 0.5) is 5.69 Å². The maximum atomic E-state index is 12.4. The summed E-state index contributed by atoms with van der Waals surface area (Å²) in [6, 6.07) is 12.8. The first-order valence-corrected chi connectivity index (χ1v) is 10.1. The molecule has 0 spiro atoms. The van der Waals surface area contributed by atoms with Gasteiger partial charge in [0.1, 0.15) is 11.6 Å². The Morgan fingerprint density at radius 2 is 1.89 bits per heavy atom. The number of hydrogen-bond acceptors (Lipinski definition) is 4. The Bertz CT molecular complexity index is 889. The SMILES string of the molecule is CCOc1cc(/C=C(/C#N)C(=O)Nc2ccc(I)cc2)cc(Br)c1OCC. The van der Waals surface area contributed by atoms with Crippen molar-refractivity contribution in [2.75, 3.05) is 18.5 Å². The Hall–Kier alpha value is -2.05. The number of benzene rings is 2. The second kappa shape index (κ2) is 10.3. The molecule has 0 aliphatic carbocycles. The van der Waals surface area contributed by atoms with Gasteiger partial charge >= 0.3 is 0 Å².